The highest BCUT2D eigenvalue weighted by Gasteiger charge is 2.27. The van der Waals surface area contributed by atoms with Crippen molar-refractivity contribution in [1.82, 2.24) is 4.72 Å². The van der Waals surface area contributed by atoms with E-state index in [9.17, 15) is 18.0 Å². The van der Waals surface area contributed by atoms with E-state index in [1.807, 2.05) is 0 Å². The number of rotatable bonds is 11. The molecule has 0 radical (unpaired) electrons. The second-order valence-electron chi connectivity index (χ2n) is 7.54. The fraction of sp³-hybridized carbons (Fsp3) is 0.200. The van der Waals surface area contributed by atoms with Crippen molar-refractivity contribution in [3.63, 3.8) is 0 Å². The van der Waals surface area contributed by atoms with Crippen LogP contribution >= 0.6 is 23.2 Å². The summed E-state index contributed by atoms with van der Waals surface area (Å²) in [7, 11) is -4.09. The fourth-order valence-electron chi connectivity index (χ4n) is 3.08. The van der Waals surface area contributed by atoms with Crippen LogP contribution < -0.4 is 14.8 Å². The summed E-state index contributed by atoms with van der Waals surface area (Å²) in [6.07, 6.45) is 0.0945. The van der Waals surface area contributed by atoms with E-state index in [0.29, 0.717) is 27.0 Å². The smallest absolute Gasteiger partial charge is 0.310 e. The molecule has 0 spiro atoms. The van der Waals surface area contributed by atoms with Crippen LogP contribution in [-0.4, -0.2) is 39.5 Å². The first-order valence-electron chi connectivity index (χ1n) is 10.9. The van der Waals surface area contributed by atoms with Gasteiger partial charge in [-0.25, -0.2) is 8.42 Å². The second kappa shape index (κ2) is 12.7. The predicted molar refractivity (Wildman–Crippen MR) is 138 cm³/mol. The summed E-state index contributed by atoms with van der Waals surface area (Å²) in [4.78, 5) is 24.7. The van der Waals surface area contributed by atoms with Crippen LogP contribution in [0.5, 0.6) is 5.75 Å². The summed E-state index contributed by atoms with van der Waals surface area (Å²) in [6.45, 7) is 1.68. The Kier molecular flexibility index (Phi) is 9.72. The van der Waals surface area contributed by atoms with Crippen molar-refractivity contribution in [1.29, 1.82) is 0 Å². The highest BCUT2D eigenvalue weighted by Crippen LogP contribution is 2.23. The first kappa shape index (κ1) is 27.5. The fourth-order valence-corrected chi connectivity index (χ4v) is 4.58. The van der Waals surface area contributed by atoms with Gasteiger partial charge in [0.2, 0.25) is 15.9 Å². The van der Waals surface area contributed by atoms with Crippen LogP contribution in [0, 0.1) is 0 Å². The Bertz CT molecular complexity index is 1300. The van der Waals surface area contributed by atoms with Crippen molar-refractivity contribution in [3.8, 4) is 5.75 Å². The zero-order valence-electron chi connectivity index (χ0n) is 19.2. The van der Waals surface area contributed by atoms with Gasteiger partial charge in [0.05, 0.1) is 22.9 Å². The summed E-state index contributed by atoms with van der Waals surface area (Å²) < 4.78 is 38.8. The van der Waals surface area contributed by atoms with E-state index >= 15 is 0 Å². The maximum absolute atomic E-state index is 13.1. The van der Waals surface area contributed by atoms with Crippen molar-refractivity contribution in [3.05, 3.63) is 88.4 Å². The van der Waals surface area contributed by atoms with Crippen LogP contribution in [0.3, 0.4) is 0 Å². The van der Waals surface area contributed by atoms with Crippen LogP contribution in [0.15, 0.2) is 77.7 Å². The lowest BCUT2D eigenvalue weighted by atomic mass is 10.1. The summed E-state index contributed by atoms with van der Waals surface area (Å²) in [5, 5.41) is 3.35. The van der Waals surface area contributed by atoms with E-state index in [4.69, 9.17) is 32.7 Å². The second-order valence-corrected chi connectivity index (χ2v) is 10.1. The number of amides is 1. The lowest BCUT2D eigenvalue weighted by molar-refractivity contribution is -0.142. The lowest BCUT2D eigenvalue weighted by Crippen LogP contribution is -2.47. The van der Waals surface area contributed by atoms with Gasteiger partial charge < -0.3 is 14.8 Å². The van der Waals surface area contributed by atoms with Crippen LogP contribution in [0.4, 0.5) is 5.69 Å². The Morgan fingerprint density at radius 1 is 0.944 bits per heavy atom. The molecule has 0 saturated heterocycles. The molecule has 0 aliphatic rings. The minimum atomic E-state index is -4.09. The Morgan fingerprint density at radius 2 is 1.61 bits per heavy atom. The number of anilines is 1. The van der Waals surface area contributed by atoms with Gasteiger partial charge in [0.1, 0.15) is 18.4 Å². The zero-order valence-corrected chi connectivity index (χ0v) is 21.6. The number of carbonyl (C=O) groups excluding carboxylic acids is 2. The molecule has 2 N–H and O–H groups in total. The number of nitrogens with one attached hydrogen (secondary N) is 2. The summed E-state index contributed by atoms with van der Waals surface area (Å²) in [5.74, 6) is -0.716. The first-order chi connectivity index (χ1) is 17.2. The van der Waals surface area contributed by atoms with Gasteiger partial charge in [-0.05, 0) is 61.0 Å². The van der Waals surface area contributed by atoms with Gasteiger partial charge in [0, 0.05) is 10.7 Å². The molecule has 3 aromatic carbocycles. The molecule has 0 aliphatic heterocycles. The molecule has 1 atom stereocenters. The monoisotopic (exact) mass is 550 g/mol. The minimum Gasteiger partial charge on any atom is -0.490 e. The maximum Gasteiger partial charge on any atom is 0.310 e. The van der Waals surface area contributed by atoms with E-state index < -0.39 is 22.0 Å². The molecule has 1 unspecified atom stereocenters. The molecular weight excluding hydrogens is 527 g/mol. The van der Waals surface area contributed by atoms with Gasteiger partial charge in [-0.1, -0.05) is 47.5 Å². The molecule has 190 valence electrons. The van der Waals surface area contributed by atoms with Crippen molar-refractivity contribution in [2.75, 3.05) is 18.5 Å². The van der Waals surface area contributed by atoms with E-state index in [0.717, 1.165) is 0 Å². The number of esters is 1. The van der Waals surface area contributed by atoms with Gasteiger partial charge in [0.25, 0.3) is 0 Å². The Labute approximate surface area is 219 Å². The van der Waals surface area contributed by atoms with Crippen LogP contribution in [-0.2, 0) is 30.8 Å². The quantitative estimate of drug-likeness (QED) is 0.341. The van der Waals surface area contributed by atoms with Crippen LogP contribution in [0.1, 0.15) is 12.5 Å². The maximum atomic E-state index is 13.1. The number of hydrogen-bond acceptors (Lipinski definition) is 6. The Balaban J connectivity index is 1.76. The van der Waals surface area contributed by atoms with Gasteiger partial charge in [0.15, 0.2) is 0 Å². The number of benzene rings is 3. The van der Waals surface area contributed by atoms with Crippen molar-refractivity contribution >= 4 is 50.8 Å². The Hall–Kier alpha value is -3.11. The van der Waals surface area contributed by atoms with Crippen molar-refractivity contribution in [2.45, 2.75) is 24.3 Å². The average Bonchev–Trinajstić information content (AvgIpc) is 2.84. The first-order valence-corrected chi connectivity index (χ1v) is 13.1. The number of hydrogen-bond donors (Lipinski definition) is 2. The number of carbonyl (C=O) groups is 2. The largest absolute Gasteiger partial charge is 0.490 e. The number of para-hydroxylation sites is 1. The van der Waals surface area contributed by atoms with Gasteiger partial charge in [-0.2, -0.15) is 4.72 Å². The predicted octanol–water partition coefficient (Wildman–Crippen LogP) is 4.46. The van der Waals surface area contributed by atoms with Crippen molar-refractivity contribution in [2.24, 2.45) is 0 Å². The normalized spacial score (nSPS) is 12.0. The molecule has 3 aromatic rings. The van der Waals surface area contributed by atoms with Gasteiger partial charge in [-0.3, -0.25) is 9.59 Å². The molecule has 11 heteroatoms. The average molecular weight is 551 g/mol. The molecule has 0 bridgehead atoms. The van der Waals surface area contributed by atoms with E-state index in [1.54, 1.807) is 55.5 Å². The lowest BCUT2D eigenvalue weighted by Gasteiger charge is -2.20. The topological polar surface area (TPSA) is 111 Å². The molecule has 0 fully saturated rings. The van der Waals surface area contributed by atoms with E-state index in [-0.39, 0.29) is 30.5 Å². The van der Waals surface area contributed by atoms with Crippen molar-refractivity contribution < 1.29 is 27.5 Å². The van der Waals surface area contributed by atoms with E-state index in [1.165, 1.54) is 24.3 Å². The third-order valence-electron chi connectivity index (χ3n) is 4.86. The van der Waals surface area contributed by atoms with Gasteiger partial charge >= 0.3 is 5.97 Å². The Morgan fingerprint density at radius 3 is 2.25 bits per heavy atom. The number of ether oxygens (including phenoxy) is 2. The molecule has 0 aliphatic carbocycles. The minimum absolute atomic E-state index is 0.0641. The van der Waals surface area contributed by atoms with E-state index in [2.05, 4.69) is 10.0 Å². The molecule has 0 saturated carbocycles. The molecule has 8 nitrogen and oxygen atoms in total. The molecule has 0 heterocycles. The SMILES string of the molecule is CCOC(=O)Cc1ccc(NC(=O)C(COc2ccccc2Cl)NS(=O)(=O)c2ccc(Cl)cc2)cc1. The summed E-state index contributed by atoms with van der Waals surface area (Å²) >= 11 is 12.0. The van der Waals surface area contributed by atoms with Crippen LogP contribution in [0.25, 0.3) is 0 Å². The summed E-state index contributed by atoms with van der Waals surface area (Å²) in [6, 6.07) is 17.4. The molecule has 0 aromatic heterocycles. The third-order valence-corrected chi connectivity index (χ3v) is 6.91. The van der Waals surface area contributed by atoms with Crippen LogP contribution in [0.2, 0.25) is 10.0 Å². The standard InChI is InChI=1S/C25H24Cl2N2O6S/c1-2-34-24(30)15-17-7-11-19(12-8-17)28-25(31)22(16-35-23-6-4-3-5-21(23)27)29-36(32,33)20-13-9-18(26)10-14-20/h3-14,22,29H,2,15-16H2,1H3,(H,28,31). The number of sulfonamides is 1. The molecular formula is C25H24Cl2N2O6S. The zero-order chi connectivity index (χ0) is 26.1. The van der Waals surface area contributed by atoms with Gasteiger partial charge in [-0.15, -0.1) is 0 Å². The molecule has 3 rings (SSSR count). The third kappa shape index (κ3) is 7.96. The molecule has 1 amide bonds. The highest BCUT2D eigenvalue weighted by molar-refractivity contribution is 7.89. The number of halogens is 2. The summed E-state index contributed by atoms with van der Waals surface area (Å²) in [5.41, 5.74) is 1.11. The highest BCUT2D eigenvalue weighted by atomic mass is 35.5. The molecule has 36 heavy (non-hydrogen) atoms.